The second-order valence-electron chi connectivity index (χ2n) is 21.6. The number of aryl methyl sites for hydroxylation is 2. The summed E-state index contributed by atoms with van der Waals surface area (Å²) in [6.45, 7) is 15.1. The van der Waals surface area contributed by atoms with Crippen LogP contribution in [0, 0.1) is 23.7 Å². The van der Waals surface area contributed by atoms with Crippen molar-refractivity contribution in [2.24, 2.45) is 23.7 Å². The lowest BCUT2D eigenvalue weighted by Gasteiger charge is -2.23. The molecular formula is C61H81F3N8O10. The van der Waals surface area contributed by atoms with E-state index < -0.39 is 23.3 Å². The minimum atomic E-state index is -4.78. The Morgan fingerprint density at radius 3 is 1.70 bits per heavy atom. The minimum Gasteiger partial charge on any atom is -0.466 e. The number of hydrogen-bond donors (Lipinski definition) is 1. The summed E-state index contributed by atoms with van der Waals surface area (Å²) in [7, 11) is 3.74. The highest BCUT2D eigenvalue weighted by molar-refractivity contribution is 5.97. The van der Waals surface area contributed by atoms with Crippen LogP contribution in [0.4, 0.5) is 13.2 Å². The lowest BCUT2D eigenvalue weighted by atomic mass is 9.83. The van der Waals surface area contributed by atoms with E-state index in [2.05, 4.69) is 44.2 Å². The van der Waals surface area contributed by atoms with Gasteiger partial charge in [0.2, 0.25) is 0 Å². The maximum Gasteiger partial charge on any atom is 0.435 e. The Hall–Kier alpha value is -7.19. The van der Waals surface area contributed by atoms with E-state index in [0.29, 0.717) is 102 Å². The molecule has 0 saturated heterocycles. The van der Waals surface area contributed by atoms with Gasteiger partial charge in [-0.05, 0) is 115 Å². The molecule has 0 bridgehead atoms. The fourth-order valence-electron chi connectivity index (χ4n) is 9.85. The number of allylic oxidation sites excluding steroid dienone is 1. The van der Waals surface area contributed by atoms with Gasteiger partial charge in [0.1, 0.15) is 23.2 Å². The molecule has 446 valence electrons. The first-order chi connectivity index (χ1) is 39.0. The van der Waals surface area contributed by atoms with Crippen molar-refractivity contribution in [3.63, 3.8) is 0 Å². The smallest absolute Gasteiger partial charge is 0.435 e. The number of nitrogens with one attached hydrogen (secondary N) is 1. The Kier molecular flexibility index (Phi) is 25.5. The molecule has 8 rings (SSSR count). The third kappa shape index (κ3) is 19.8. The van der Waals surface area contributed by atoms with Gasteiger partial charge in [-0.3, -0.25) is 33.6 Å². The summed E-state index contributed by atoms with van der Waals surface area (Å²) in [6.07, 6.45) is 10.8. The zero-order chi connectivity index (χ0) is 60.1. The van der Waals surface area contributed by atoms with Crippen molar-refractivity contribution in [2.75, 3.05) is 40.5 Å². The molecule has 2 saturated carbocycles. The topological polar surface area (TPSA) is 232 Å². The van der Waals surface area contributed by atoms with Gasteiger partial charge < -0.3 is 24.4 Å². The number of nitrogens with zero attached hydrogens (tertiary/aromatic N) is 7. The Balaban J connectivity index is 0.000000223. The van der Waals surface area contributed by atoms with E-state index in [9.17, 15) is 46.7 Å². The highest BCUT2D eigenvalue weighted by Gasteiger charge is 2.40. The van der Waals surface area contributed by atoms with Crippen molar-refractivity contribution in [1.29, 1.82) is 0 Å². The lowest BCUT2D eigenvalue weighted by Crippen LogP contribution is -2.28. The first-order valence-electron chi connectivity index (χ1n) is 28.7. The molecule has 3 atom stereocenters. The van der Waals surface area contributed by atoms with E-state index in [0.717, 1.165) is 69.9 Å². The van der Waals surface area contributed by atoms with Crippen molar-refractivity contribution < 1.29 is 60.9 Å². The fraction of sp³-hybridized carbons (Fsp3) is 0.574. The van der Waals surface area contributed by atoms with Crippen LogP contribution in [0.1, 0.15) is 181 Å². The molecule has 0 aliphatic heterocycles. The largest absolute Gasteiger partial charge is 0.466 e. The lowest BCUT2D eigenvalue weighted by molar-refractivity contribution is -0.150. The monoisotopic (exact) mass is 1140 g/mol. The number of fused-ring (bicyclic) bond motifs is 2. The molecule has 1 amide bonds. The first kappa shape index (κ1) is 65.6. The number of aromatic nitrogens is 6. The predicted octanol–water partition coefficient (Wildman–Crippen LogP) is 9.63. The first-order valence-corrected chi connectivity index (χ1v) is 28.7. The van der Waals surface area contributed by atoms with Crippen LogP contribution >= 0.6 is 0 Å². The maximum atomic E-state index is 13.5. The molecule has 4 aromatic rings. The normalized spacial score (nSPS) is 18.3. The number of halogens is 3. The molecule has 3 unspecified atom stereocenters. The van der Waals surface area contributed by atoms with E-state index in [1.54, 1.807) is 50.4 Å². The number of esters is 3. The van der Waals surface area contributed by atoms with Crippen LogP contribution in [0.5, 0.6) is 0 Å². The van der Waals surface area contributed by atoms with Gasteiger partial charge in [-0.15, -0.1) is 0 Å². The number of carbonyl (C=O) groups is 7. The van der Waals surface area contributed by atoms with Crippen LogP contribution in [0.15, 0.2) is 60.7 Å². The summed E-state index contributed by atoms with van der Waals surface area (Å²) >= 11 is 0. The number of amides is 1. The summed E-state index contributed by atoms with van der Waals surface area (Å²) in [6, 6.07) is 8.26. The number of hydrogen-bond acceptors (Lipinski definition) is 16. The molecule has 3 aromatic heterocycles. The average molecular weight is 1140 g/mol. The van der Waals surface area contributed by atoms with E-state index in [1.165, 1.54) is 0 Å². The van der Waals surface area contributed by atoms with E-state index in [-0.39, 0.29) is 77.8 Å². The molecule has 1 N–H and O–H groups in total. The van der Waals surface area contributed by atoms with Gasteiger partial charge in [0.05, 0.1) is 48.8 Å². The van der Waals surface area contributed by atoms with Crippen molar-refractivity contribution in [2.45, 2.75) is 163 Å². The second kappa shape index (κ2) is 31.9. The number of rotatable bonds is 16. The third-order valence-electron chi connectivity index (χ3n) is 14.3. The standard InChI is InChI=1S/C26H28F3N5O2.C14H20N2O2.C12H19NO3.C9H14O3/c1-16(2)24-31-14-18-13-17(10-11-21(18)32-24)22(35)9-6-12-30-25(36)20-15-34(19-7-4-3-5-8-19)33-23(20)26(27,28)29;1-4-18-14(17)10-5-6-12-11(7-10)8-15-13(16-12)9(2)3;1-4-16-12(15)9-5-6-11(14)10(7-9)8-13(2)3;1-2-12-9(11)7-3-5-8(10)6-4-7/h3-5,7-8,14-17H,6,9-13H2,1-2H3,(H,30,36);8-10H,4-7H2,1-3H3;8-9H,4-7H2,1-3H3;7H,2-6H2,1H3/b;;10-8-;. The Labute approximate surface area is 479 Å². The highest BCUT2D eigenvalue weighted by Crippen LogP contribution is 2.33. The van der Waals surface area contributed by atoms with E-state index in [4.69, 9.17) is 14.2 Å². The number of para-hydroxylation sites is 1. The summed E-state index contributed by atoms with van der Waals surface area (Å²) in [5, 5.41) is 6.09. The van der Waals surface area contributed by atoms with Gasteiger partial charge >= 0.3 is 24.1 Å². The van der Waals surface area contributed by atoms with E-state index in [1.807, 2.05) is 52.2 Å². The number of carbonyl (C=O) groups excluding carboxylic acids is 7. The molecule has 18 nitrogen and oxygen atoms in total. The number of ether oxygens (including phenoxy) is 3. The summed E-state index contributed by atoms with van der Waals surface area (Å²) in [5.41, 5.74) is 3.54. The van der Waals surface area contributed by atoms with Gasteiger partial charge in [-0.1, -0.05) is 45.9 Å². The zero-order valence-corrected chi connectivity index (χ0v) is 48.9. The SMILES string of the molecule is CC(C)c1ncc2c(n1)CCC(C(=O)CCCNC(=O)c1cn(-c3ccccc3)nc1C(F)(F)F)C2.CCOC(=O)C1CCC(=O)/C(=C\N(C)C)C1.CCOC(=O)C1CCC(=O)CC1.CCOC(=O)C1CCc2nc(C(C)C)ncc2C1. The molecular weight excluding hydrogens is 1060 g/mol. The molecule has 4 aliphatic rings. The molecule has 82 heavy (non-hydrogen) atoms. The Morgan fingerprint density at radius 2 is 1.18 bits per heavy atom. The molecule has 0 radical (unpaired) electrons. The average Bonchev–Trinajstić information content (AvgIpc) is 4.06. The van der Waals surface area contributed by atoms with Gasteiger partial charge in [0.15, 0.2) is 11.5 Å². The number of Topliss-reactive ketones (excluding diaryl/α,β-unsaturated/α-hetero) is 3. The van der Waals surface area contributed by atoms with Gasteiger partial charge in [-0.25, -0.2) is 24.6 Å². The molecule has 4 aliphatic carbocycles. The molecule has 1 aromatic carbocycles. The van der Waals surface area contributed by atoms with E-state index >= 15 is 0 Å². The molecule has 0 spiro atoms. The third-order valence-corrected chi connectivity index (χ3v) is 14.3. The molecule has 2 fully saturated rings. The van der Waals surface area contributed by atoms with Crippen molar-refractivity contribution in [3.8, 4) is 5.69 Å². The van der Waals surface area contributed by atoms with Gasteiger partial charge in [-0.2, -0.15) is 18.3 Å². The summed E-state index contributed by atoms with van der Waals surface area (Å²) < 4.78 is 56.4. The van der Waals surface area contributed by atoms with Crippen LogP contribution in [0.25, 0.3) is 5.69 Å². The Morgan fingerprint density at radius 1 is 0.695 bits per heavy atom. The van der Waals surface area contributed by atoms with Gasteiger partial charge in [0, 0.05) is 106 Å². The summed E-state index contributed by atoms with van der Waals surface area (Å²) in [5.74, 6) is 1.17. The maximum absolute atomic E-state index is 13.5. The summed E-state index contributed by atoms with van der Waals surface area (Å²) in [4.78, 5) is 102. The van der Waals surface area contributed by atoms with Crippen LogP contribution in [0.2, 0.25) is 0 Å². The van der Waals surface area contributed by atoms with Crippen LogP contribution in [-0.4, -0.2) is 116 Å². The number of ketones is 3. The second-order valence-corrected chi connectivity index (χ2v) is 21.6. The fourth-order valence-corrected chi connectivity index (χ4v) is 9.85. The number of benzene rings is 1. The zero-order valence-electron chi connectivity index (χ0n) is 48.9. The van der Waals surface area contributed by atoms with Crippen molar-refractivity contribution >= 4 is 41.2 Å². The van der Waals surface area contributed by atoms with Crippen molar-refractivity contribution in [1.82, 2.24) is 39.9 Å². The van der Waals surface area contributed by atoms with Crippen LogP contribution < -0.4 is 5.32 Å². The quantitative estimate of drug-likeness (QED) is 0.0476. The predicted molar refractivity (Wildman–Crippen MR) is 299 cm³/mol. The van der Waals surface area contributed by atoms with Gasteiger partial charge in [0.25, 0.3) is 5.91 Å². The number of alkyl halides is 3. The van der Waals surface area contributed by atoms with Crippen LogP contribution in [0.3, 0.4) is 0 Å². The van der Waals surface area contributed by atoms with Crippen LogP contribution in [-0.2, 0) is 74.8 Å². The molecule has 21 heteroatoms. The highest BCUT2D eigenvalue weighted by atomic mass is 19.4. The minimum absolute atomic E-state index is 0.0223. The molecule has 3 heterocycles. The Bertz CT molecular complexity index is 2840. The van der Waals surface area contributed by atoms with Crippen molar-refractivity contribution in [3.05, 3.63) is 106 Å².